The highest BCUT2D eigenvalue weighted by atomic mass is 32.1. The highest BCUT2D eigenvalue weighted by molar-refractivity contribution is 7.12. The second-order valence-corrected chi connectivity index (χ2v) is 7.03. The Morgan fingerprint density at radius 3 is 2.43 bits per heavy atom. The molecule has 1 fully saturated rings. The van der Waals surface area contributed by atoms with Gasteiger partial charge < -0.3 is 0 Å². The lowest BCUT2D eigenvalue weighted by atomic mass is 9.89. The summed E-state index contributed by atoms with van der Waals surface area (Å²) in [5.41, 5.74) is 1.31. The van der Waals surface area contributed by atoms with Gasteiger partial charge in [-0.1, -0.05) is 36.4 Å². The summed E-state index contributed by atoms with van der Waals surface area (Å²) in [6, 6.07) is 14.1. The summed E-state index contributed by atoms with van der Waals surface area (Å²) in [5.74, 6) is 0.130. The Balaban J connectivity index is 1.47. The van der Waals surface area contributed by atoms with Crippen molar-refractivity contribution in [3.63, 3.8) is 0 Å². The molecule has 0 atom stereocenters. The van der Waals surface area contributed by atoms with Crippen LogP contribution in [-0.2, 0) is 11.3 Å². The average Bonchev–Trinajstić information content (AvgIpc) is 3.11. The highest BCUT2D eigenvalue weighted by Crippen LogP contribution is 2.22. The van der Waals surface area contributed by atoms with Crippen molar-refractivity contribution >= 4 is 22.9 Å². The van der Waals surface area contributed by atoms with Gasteiger partial charge in [0.2, 0.25) is 0 Å². The van der Waals surface area contributed by atoms with Gasteiger partial charge in [0.05, 0.1) is 11.3 Å². The van der Waals surface area contributed by atoms with E-state index in [-0.39, 0.29) is 23.9 Å². The van der Waals surface area contributed by atoms with E-state index in [9.17, 15) is 9.59 Å². The first-order valence-corrected chi connectivity index (χ1v) is 8.96. The minimum atomic E-state index is -0.0308. The summed E-state index contributed by atoms with van der Waals surface area (Å²) in [5, 5.41) is 1.87. The minimum Gasteiger partial charge on any atom is -0.299 e. The van der Waals surface area contributed by atoms with Crippen molar-refractivity contribution in [2.45, 2.75) is 25.8 Å². The van der Waals surface area contributed by atoms with Crippen LogP contribution in [0.25, 0.3) is 0 Å². The molecule has 1 saturated heterocycles. The molecule has 4 heteroatoms. The lowest BCUT2D eigenvalue weighted by molar-refractivity contribution is -0.123. The molecule has 120 valence electrons. The van der Waals surface area contributed by atoms with Gasteiger partial charge in [0, 0.05) is 12.5 Å². The van der Waals surface area contributed by atoms with Crippen LogP contribution in [0.4, 0.5) is 0 Å². The fourth-order valence-electron chi connectivity index (χ4n) is 3.08. The fourth-order valence-corrected chi connectivity index (χ4v) is 3.75. The summed E-state index contributed by atoms with van der Waals surface area (Å²) in [7, 11) is 0. The number of carbonyl (C=O) groups excluding carboxylic acids is 2. The molecular weight excluding hydrogens is 306 g/mol. The molecule has 3 nitrogen and oxygen atoms in total. The number of Topliss-reactive ketones (excluding diaryl/α,β-unsaturated/α-hetero) is 2. The van der Waals surface area contributed by atoms with Crippen molar-refractivity contribution in [2.24, 2.45) is 5.92 Å². The van der Waals surface area contributed by atoms with Crippen LogP contribution in [0.1, 0.15) is 34.5 Å². The SMILES string of the molecule is O=C(CC(=O)C1CCN(Cc2ccccc2)CC1)c1cccs1. The molecule has 2 aromatic rings. The number of rotatable bonds is 6. The Bertz CT molecular complexity index is 643. The van der Waals surface area contributed by atoms with Gasteiger partial charge in [0.15, 0.2) is 5.78 Å². The molecule has 0 radical (unpaired) electrons. The van der Waals surface area contributed by atoms with E-state index in [4.69, 9.17) is 0 Å². The summed E-state index contributed by atoms with van der Waals surface area (Å²) in [4.78, 5) is 27.5. The molecule has 3 rings (SSSR count). The van der Waals surface area contributed by atoms with Crippen molar-refractivity contribution in [3.8, 4) is 0 Å². The third-order valence-electron chi connectivity index (χ3n) is 4.42. The van der Waals surface area contributed by atoms with Gasteiger partial charge in [0.25, 0.3) is 0 Å². The third kappa shape index (κ3) is 4.36. The molecule has 23 heavy (non-hydrogen) atoms. The summed E-state index contributed by atoms with van der Waals surface area (Å²) in [6.07, 6.45) is 1.79. The van der Waals surface area contributed by atoms with Crippen molar-refractivity contribution in [1.29, 1.82) is 0 Å². The van der Waals surface area contributed by atoms with E-state index in [1.54, 1.807) is 6.07 Å². The van der Waals surface area contributed by atoms with Crippen LogP contribution < -0.4 is 0 Å². The minimum absolute atomic E-state index is 0.0308. The molecular formula is C19H21NO2S. The van der Waals surface area contributed by atoms with Crippen molar-refractivity contribution in [3.05, 3.63) is 58.3 Å². The number of nitrogens with zero attached hydrogens (tertiary/aromatic N) is 1. The highest BCUT2D eigenvalue weighted by Gasteiger charge is 2.26. The van der Waals surface area contributed by atoms with Crippen LogP contribution in [0.15, 0.2) is 47.8 Å². The molecule has 0 saturated carbocycles. The zero-order chi connectivity index (χ0) is 16.1. The van der Waals surface area contributed by atoms with Gasteiger partial charge in [-0.2, -0.15) is 0 Å². The first-order chi connectivity index (χ1) is 11.2. The second kappa shape index (κ2) is 7.66. The maximum atomic E-state index is 12.3. The zero-order valence-electron chi connectivity index (χ0n) is 13.1. The summed E-state index contributed by atoms with van der Waals surface area (Å²) in [6.45, 7) is 2.80. The van der Waals surface area contributed by atoms with Gasteiger partial charge >= 0.3 is 0 Å². The second-order valence-electron chi connectivity index (χ2n) is 6.08. The molecule has 1 aromatic carbocycles. The van der Waals surface area contributed by atoms with Crippen LogP contribution in [-0.4, -0.2) is 29.6 Å². The van der Waals surface area contributed by atoms with Crippen molar-refractivity contribution in [1.82, 2.24) is 4.90 Å². The maximum absolute atomic E-state index is 12.3. The van der Waals surface area contributed by atoms with E-state index in [0.29, 0.717) is 4.88 Å². The Hall–Kier alpha value is -1.78. The molecule has 1 aliphatic heterocycles. The molecule has 2 heterocycles. The number of likely N-dealkylation sites (tertiary alicyclic amines) is 1. The van der Waals surface area contributed by atoms with Crippen LogP contribution in [0.5, 0.6) is 0 Å². The summed E-state index contributed by atoms with van der Waals surface area (Å²) < 4.78 is 0. The van der Waals surface area contributed by atoms with E-state index in [2.05, 4.69) is 29.2 Å². The smallest absolute Gasteiger partial charge is 0.180 e. The van der Waals surface area contributed by atoms with Crippen molar-refractivity contribution < 1.29 is 9.59 Å². The number of benzene rings is 1. The van der Waals surface area contributed by atoms with Crippen LogP contribution >= 0.6 is 11.3 Å². The van der Waals surface area contributed by atoms with E-state index >= 15 is 0 Å². The average molecular weight is 327 g/mol. The number of piperidine rings is 1. The van der Waals surface area contributed by atoms with Crippen LogP contribution in [0.3, 0.4) is 0 Å². The maximum Gasteiger partial charge on any atom is 0.180 e. The van der Waals surface area contributed by atoms with E-state index in [1.807, 2.05) is 17.5 Å². The molecule has 0 amide bonds. The Kier molecular flexibility index (Phi) is 5.36. The van der Waals surface area contributed by atoms with E-state index in [1.165, 1.54) is 16.9 Å². The molecule has 1 aliphatic rings. The predicted octanol–water partition coefficient (Wildman–Crippen LogP) is 3.80. The van der Waals surface area contributed by atoms with Gasteiger partial charge in [-0.05, 0) is 42.9 Å². The van der Waals surface area contributed by atoms with E-state index in [0.717, 1.165) is 32.5 Å². The lowest BCUT2D eigenvalue weighted by Gasteiger charge is -2.31. The Labute approximate surface area is 140 Å². The first-order valence-electron chi connectivity index (χ1n) is 8.08. The number of ketones is 2. The third-order valence-corrected chi connectivity index (χ3v) is 5.33. The first kappa shape index (κ1) is 16.1. The van der Waals surface area contributed by atoms with Crippen LogP contribution in [0.2, 0.25) is 0 Å². The molecule has 1 aromatic heterocycles. The molecule has 0 aliphatic carbocycles. The standard InChI is InChI=1S/C19H21NO2S/c21-17(13-18(22)19-7-4-12-23-19)16-8-10-20(11-9-16)14-15-5-2-1-3-6-15/h1-7,12,16H,8-11,13-14H2. The number of carbonyl (C=O) groups is 2. The number of hydrogen-bond donors (Lipinski definition) is 0. The number of hydrogen-bond acceptors (Lipinski definition) is 4. The predicted molar refractivity (Wildman–Crippen MR) is 92.7 cm³/mol. The monoisotopic (exact) mass is 327 g/mol. The normalized spacial score (nSPS) is 16.3. The molecule has 0 unspecified atom stereocenters. The quantitative estimate of drug-likeness (QED) is 0.598. The molecule has 0 bridgehead atoms. The number of thiophene rings is 1. The Morgan fingerprint density at radius 1 is 1.04 bits per heavy atom. The molecule has 0 N–H and O–H groups in total. The van der Waals surface area contributed by atoms with Crippen LogP contribution in [0, 0.1) is 5.92 Å². The van der Waals surface area contributed by atoms with Gasteiger partial charge in [-0.15, -0.1) is 11.3 Å². The molecule has 0 spiro atoms. The van der Waals surface area contributed by atoms with Gasteiger partial charge in [-0.3, -0.25) is 14.5 Å². The fraction of sp³-hybridized carbons (Fsp3) is 0.368. The van der Waals surface area contributed by atoms with Gasteiger partial charge in [-0.25, -0.2) is 0 Å². The van der Waals surface area contributed by atoms with E-state index < -0.39 is 0 Å². The summed E-state index contributed by atoms with van der Waals surface area (Å²) >= 11 is 1.41. The van der Waals surface area contributed by atoms with Crippen molar-refractivity contribution in [2.75, 3.05) is 13.1 Å². The largest absolute Gasteiger partial charge is 0.299 e. The zero-order valence-corrected chi connectivity index (χ0v) is 13.9. The topological polar surface area (TPSA) is 37.4 Å². The Morgan fingerprint density at radius 2 is 1.78 bits per heavy atom. The lowest BCUT2D eigenvalue weighted by Crippen LogP contribution is -2.36. The van der Waals surface area contributed by atoms with Gasteiger partial charge in [0.1, 0.15) is 5.78 Å².